The molecule has 164 valence electrons. The zero-order chi connectivity index (χ0) is 22.7. The van der Waals surface area contributed by atoms with Gasteiger partial charge in [0.1, 0.15) is 5.82 Å². The van der Waals surface area contributed by atoms with Crippen molar-refractivity contribution in [1.29, 1.82) is 0 Å². The van der Waals surface area contributed by atoms with Gasteiger partial charge in [-0.15, -0.1) is 0 Å². The quantitative estimate of drug-likeness (QED) is 0.253. The van der Waals surface area contributed by atoms with Crippen molar-refractivity contribution in [3.8, 4) is 22.3 Å². The predicted molar refractivity (Wildman–Crippen MR) is 139 cm³/mol. The second-order valence-corrected chi connectivity index (χ2v) is 10.3. The Morgan fingerprint density at radius 2 is 1.43 bits per heavy atom. The molecule has 0 atom stereocenters. The third-order valence-electron chi connectivity index (χ3n) is 8.40. The maximum absolute atomic E-state index is 4.86. The summed E-state index contributed by atoms with van der Waals surface area (Å²) in [5.41, 5.74) is 19.6. The highest BCUT2D eigenvalue weighted by molar-refractivity contribution is 5.95. The Morgan fingerprint density at radius 1 is 0.600 bits per heavy atom. The van der Waals surface area contributed by atoms with Crippen LogP contribution in [0.3, 0.4) is 0 Å². The number of anilines is 3. The predicted octanol–water partition coefficient (Wildman–Crippen LogP) is 6.90. The number of hydrogen-bond acceptors (Lipinski definition) is 3. The van der Waals surface area contributed by atoms with Crippen molar-refractivity contribution >= 4 is 17.2 Å². The van der Waals surface area contributed by atoms with Crippen molar-refractivity contribution in [2.24, 2.45) is 0 Å². The summed E-state index contributed by atoms with van der Waals surface area (Å²) in [5.74, 6) is 1.07. The molecule has 0 fully saturated rings. The van der Waals surface area contributed by atoms with Gasteiger partial charge in [0, 0.05) is 31.4 Å². The van der Waals surface area contributed by atoms with E-state index in [1.807, 2.05) is 18.6 Å². The van der Waals surface area contributed by atoms with Gasteiger partial charge >= 0.3 is 0 Å². The number of benzene rings is 3. The van der Waals surface area contributed by atoms with E-state index >= 15 is 0 Å². The van der Waals surface area contributed by atoms with Crippen molar-refractivity contribution in [1.82, 2.24) is 9.97 Å². The van der Waals surface area contributed by atoms with Crippen LogP contribution >= 0.6 is 0 Å². The second kappa shape index (κ2) is 6.25. The maximum Gasteiger partial charge on any atom is 0.141 e. The number of pyridine rings is 2. The van der Waals surface area contributed by atoms with Crippen LogP contribution in [0.5, 0.6) is 0 Å². The Bertz CT molecular complexity index is 1750. The molecule has 0 N–H and O–H groups in total. The van der Waals surface area contributed by atoms with Crippen LogP contribution in [0.25, 0.3) is 22.3 Å². The lowest BCUT2D eigenvalue weighted by Crippen LogP contribution is -2.26. The Kier molecular flexibility index (Phi) is 3.24. The molecule has 0 bridgehead atoms. The van der Waals surface area contributed by atoms with Gasteiger partial charge in [0.05, 0.1) is 11.4 Å². The Balaban J connectivity index is 1.31. The molecule has 0 amide bonds. The van der Waals surface area contributed by atoms with Gasteiger partial charge in [-0.1, -0.05) is 36.4 Å². The molecular formula is C32H21N3. The summed E-state index contributed by atoms with van der Waals surface area (Å²) >= 11 is 0. The molecular weight excluding hydrogens is 426 g/mol. The van der Waals surface area contributed by atoms with Gasteiger partial charge in [0.15, 0.2) is 0 Å². The first-order chi connectivity index (χ1) is 17.3. The molecule has 0 spiro atoms. The molecule has 5 aromatic rings. The van der Waals surface area contributed by atoms with Crippen molar-refractivity contribution in [2.45, 2.75) is 25.7 Å². The Hall–Kier alpha value is -4.24. The van der Waals surface area contributed by atoms with Crippen LogP contribution in [0.1, 0.15) is 44.5 Å². The van der Waals surface area contributed by atoms with E-state index in [4.69, 9.17) is 4.98 Å². The van der Waals surface area contributed by atoms with Gasteiger partial charge < -0.3 is 0 Å². The van der Waals surface area contributed by atoms with Gasteiger partial charge in [-0.3, -0.25) is 9.88 Å². The molecule has 4 heterocycles. The molecule has 2 aromatic heterocycles. The monoisotopic (exact) mass is 447 g/mol. The van der Waals surface area contributed by atoms with E-state index < -0.39 is 0 Å². The molecule has 0 saturated carbocycles. The Labute approximate surface area is 203 Å². The smallest absolute Gasteiger partial charge is 0.141 e. The SMILES string of the molecule is c1ccc2c(c1)Cc1cc3c(cc1-2)Cc1cc2c4c(c1-3)Cc1cnccc1N4c1ncccc1C2. The van der Waals surface area contributed by atoms with E-state index in [9.17, 15) is 0 Å². The maximum atomic E-state index is 4.86. The van der Waals surface area contributed by atoms with Crippen LogP contribution in [0.4, 0.5) is 17.2 Å². The van der Waals surface area contributed by atoms with E-state index in [0.29, 0.717) is 0 Å². The summed E-state index contributed by atoms with van der Waals surface area (Å²) in [4.78, 5) is 11.8. The van der Waals surface area contributed by atoms with Crippen LogP contribution in [0, 0.1) is 0 Å². The second-order valence-electron chi connectivity index (χ2n) is 10.3. The highest BCUT2D eigenvalue weighted by atomic mass is 15.2. The third-order valence-corrected chi connectivity index (χ3v) is 8.40. The summed E-state index contributed by atoms with van der Waals surface area (Å²) < 4.78 is 0. The number of fused-ring (bicyclic) bond motifs is 11. The summed E-state index contributed by atoms with van der Waals surface area (Å²) in [5, 5.41) is 0. The van der Waals surface area contributed by atoms with Crippen molar-refractivity contribution in [3.63, 3.8) is 0 Å². The van der Waals surface area contributed by atoms with Crippen LogP contribution in [0.15, 0.2) is 79.3 Å². The average molecular weight is 448 g/mol. The highest BCUT2D eigenvalue weighted by Crippen LogP contribution is 2.55. The van der Waals surface area contributed by atoms with E-state index in [-0.39, 0.29) is 0 Å². The lowest BCUT2D eigenvalue weighted by molar-refractivity contribution is 0.971. The van der Waals surface area contributed by atoms with E-state index in [2.05, 4.69) is 70.5 Å². The van der Waals surface area contributed by atoms with E-state index in [1.54, 1.807) is 0 Å². The zero-order valence-electron chi connectivity index (χ0n) is 19.2. The fourth-order valence-corrected chi connectivity index (χ4v) is 7.01. The normalized spacial score (nSPS) is 14.9. The number of hydrogen-bond donors (Lipinski definition) is 0. The number of nitrogens with zero attached hydrogens (tertiary/aromatic N) is 3. The fourth-order valence-electron chi connectivity index (χ4n) is 7.01. The fraction of sp³-hybridized carbons (Fsp3) is 0.125. The average Bonchev–Trinajstić information content (AvgIpc) is 3.44. The molecule has 3 nitrogen and oxygen atoms in total. The molecule has 3 heteroatoms. The topological polar surface area (TPSA) is 29.0 Å². The lowest BCUT2D eigenvalue weighted by atomic mass is 9.83. The van der Waals surface area contributed by atoms with Gasteiger partial charge in [-0.2, -0.15) is 0 Å². The molecule has 4 aliphatic rings. The van der Waals surface area contributed by atoms with Crippen molar-refractivity contribution < 1.29 is 0 Å². The molecule has 2 aliphatic heterocycles. The van der Waals surface area contributed by atoms with Crippen LogP contribution < -0.4 is 4.90 Å². The van der Waals surface area contributed by atoms with Gasteiger partial charge in [-0.05, 0) is 104 Å². The van der Waals surface area contributed by atoms with Gasteiger partial charge in [-0.25, -0.2) is 4.98 Å². The van der Waals surface area contributed by atoms with E-state index in [0.717, 1.165) is 31.5 Å². The largest absolute Gasteiger partial charge is 0.294 e. The summed E-state index contributed by atoms with van der Waals surface area (Å²) in [6.45, 7) is 0. The van der Waals surface area contributed by atoms with Crippen LogP contribution in [-0.2, 0) is 25.7 Å². The van der Waals surface area contributed by atoms with Crippen LogP contribution in [0.2, 0.25) is 0 Å². The zero-order valence-corrected chi connectivity index (χ0v) is 19.2. The molecule has 2 aliphatic carbocycles. The molecule has 35 heavy (non-hydrogen) atoms. The first kappa shape index (κ1) is 18.1. The number of aromatic nitrogens is 2. The summed E-state index contributed by atoms with van der Waals surface area (Å²) in [7, 11) is 0. The molecule has 9 rings (SSSR count). The standard InChI is InChI=1S/C32H21N3/c1-2-6-25-18(4-1)10-20-15-27-21(14-26(20)25)12-22-13-23-11-19-5-3-8-34-32(19)35-29-7-9-33-17-24(29)16-28(30(22)27)31(23)35/h1-9,13-15,17H,10-12,16H2. The van der Waals surface area contributed by atoms with Crippen molar-refractivity contribution in [2.75, 3.05) is 4.90 Å². The first-order valence-corrected chi connectivity index (χ1v) is 12.4. The lowest BCUT2D eigenvalue weighted by Gasteiger charge is -2.39. The molecule has 0 saturated heterocycles. The van der Waals surface area contributed by atoms with Gasteiger partial charge in [0.2, 0.25) is 0 Å². The molecule has 0 unspecified atom stereocenters. The van der Waals surface area contributed by atoms with Gasteiger partial charge in [0.25, 0.3) is 0 Å². The minimum atomic E-state index is 0.921. The third kappa shape index (κ3) is 2.26. The highest BCUT2D eigenvalue weighted by Gasteiger charge is 2.37. The van der Waals surface area contributed by atoms with E-state index in [1.165, 1.54) is 78.1 Å². The van der Waals surface area contributed by atoms with Crippen molar-refractivity contribution in [3.05, 3.63) is 124 Å². The first-order valence-electron chi connectivity index (χ1n) is 12.4. The molecule has 3 aromatic carbocycles. The minimum Gasteiger partial charge on any atom is -0.294 e. The minimum absolute atomic E-state index is 0.921. The summed E-state index contributed by atoms with van der Waals surface area (Å²) in [6, 6.07) is 22.8. The number of rotatable bonds is 0. The van der Waals surface area contributed by atoms with Crippen LogP contribution in [-0.4, -0.2) is 9.97 Å². The summed E-state index contributed by atoms with van der Waals surface area (Å²) in [6.07, 6.45) is 9.78. The Morgan fingerprint density at radius 3 is 2.43 bits per heavy atom. The molecule has 0 radical (unpaired) electrons.